The zero-order valence-corrected chi connectivity index (χ0v) is 15.0. The van der Waals surface area contributed by atoms with Crippen LogP contribution in [-0.4, -0.2) is 32.3 Å². The van der Waals surface area contributed by atoms with E-state index in [2.05, 4.69) is 15.5 Å². The van der Waals surface area contributed by atoms with E-state index in [1.165, 1.54) is 23.1 Å². The number of thiophene rings is 1. The van der Waals surface area contributed by atoms with Gasteiger partial charge in [0.1, 0.15) is 5.00 Å². The first-order chi connectivity index (χ1) is 12.0. The van der Waals surface area contributed by atoms with Gasteiger partial charge in [-0.15, -0.1) is 16.4 Å². The molecule has 2 amide bonds. The highest BCUT2D eigenvalue weighted by Gasteiger charge is 2.29. The molecule has 0 aliphatic heterocycles. The number of anilines is 1. The lowest BCUT2D eigenvalue weighted by molar-refractivity contribution is -0.113. The second kappa shape index (κ2) is 6.34. The molecule has 0 aromatic carbocycles. The molecular weight excluding hydrogens is 362 g/mol. The van der Waals surface area contributed by atoms with Gasteiger partial charge in [0.05, 0.1) is 11.3 Å². The third-order valence-corrected chi connectivity index (χ3v) is 6.50. The molecule has 2 aromatic rings. The zero-order chi connectivity index (χ0) is 17.6. The fraction of sp³-hybridized carbons (Fsp3) is 0.467. The largest absolute Gasteiger partial charge is 0.365 e. The van der Waals surface area contributed by atoms with Crippen LogP contribution in [-0.2, 0) is 17.6 Å². The normalized spacial score (nSPS) is 16.0. The van der Waals surface area contributed by atoms with Gasteiger partial charge in [-0.1, -0.05) is 11.8 Å². The number of primary amides is 1. The number of aromatic amines is 1. The van der Waals surface area contributed by atoms with E-state index in [0.717, 1.165) is 42.5 Å². The molecule has 8 nitrogen and oxygen atoms in total. The Kier molecular flexibility index (Phi) is 4.16. The van der Waals surface area contributed by atoms with E-state index < -0.39 is 5.91 Å². The number of hydrogen-bond donors (Lipinski definition) is 3. The Bertz CT molecular complexity index is 909. The number of nitrogens with one attached hydrogen (secondary N) is 2. The first-order valence-corrected chi connectivity index (χ1v) is 9.88. The second-order valence-electron chi connectivity index (χ2n) is 6.18. The Labute approximate surface area is 151 Å². The summed E-state index contributed by atoms with van der Waals surface area (Å²) in [6.45, 7) is 0. The van der Waals surface area contributed by atoms with Gasteiger partial charge in [-0.3, -0.25) is 14.2 Å². The number of amides is 2. The molecule has 2 heterocycles. The first kappa shape index (κ1) is 16.4. The van der Waals surface area contributed by atoms with Crippen LogP contribution in [0.4, 0.5) is 5.00 Å². The summed E-state index contributed by atoms with van der Waals surface area (Å²) >= 11 is 2.64. The van der Waals surface area contributed by atoms with Crippen molar-refractivity contribution in [1.29, 1.82) is 0 Å². The van der Waals surface area contributed by atoms with Crippen molar-refractivity contribution in [2.45, 2.75) is 43.3 Å². The molecule has 0 unspecified atom stereocenters. The number of hydrogen-bond acceptors (Lipinski definition) is 6. The topological polar surface area (TPSA) is 123 Å². The number of carbonyl (C=O) groups excluding carboxylic acids is 2. The minimum absolute atomic E-state index is 0.109. The molecule has 4 N–H and O–H groups in total. The van der Waals surface area contributed by atoms with Crippen molar-refractivity contribution in [3.05, 3.63) is 26.5 Å². The van der Waals surface area contributed by atoms with E-state index in [4.69, 9.17) is 5.73 Å². The van der Waals surface area contributed by atoms with Crippen LogP contribution in [0.5, 0.6) is 0 Å². The maximum atomic E-state index is 12.3. The van der Waals surface area contributed by atoms with Gasteiger partial charge in [0.2, 0.25) is 5.91 Å². The molecule has 0 atom stereocenters. The smallest absolute Gasteiger partial charge is 0.344 e. The highest BCUT2D eigenvalue weighted by Crippen LogP contribution is 2.39. The zero-order valence-electron chi connectivity index (χ0n) is 13.3. The number of aromatic nitrogens is 3. The number of aryl methyl sites for hydroxylation is 1. The molecule has 0 radical (unpaired) electrons. The Hall–Kier alpha value is -2.07. The summed E-state index contributed by atoms with van der Waals surface area (Å²) < 4.78 is 1.60. The maximum absolute atomic E-state index is 12.3. The van der Waals surface area contributed by atoms with Crippen molar-refractivity contribution < 1.29 is 9.59 Å². The Morgan fingerprint density at radius 1 is 1.40 bits per heavy atom. The summed E-state index contributed by atoms with van der Waals surface area (Å²) in [4.78, 5) is 36.9. The van der Waals surface area contributed by atoms with Gasteiger partial charge >= 0.3 is 5.69 Å². The predicted molar refractivity (Wildman–Crippen MR) is 95.3 cm³/mol. The van der Waals surface area contributed by atoms with E-state index in [1.54, 1.807) is 4.57 Å². The van der Waals surface area contributed by atoms with Crippen molar-refractivity contribution in [1.82, 2.24) is 14.8 Å². The second-order valence-corrected chi connectivity index (χ2v) is 8.22. The predicted octanol–water partition coefficient (Wildman–Crippen LogP) is 1.29. The minimum atomic E-state index is -0.503. The molecule has 132 valence electrons. The molecule has 0 bridgehead atoms. The molecule has 1 saturated carbocycles. The SMILES string of the molecule is NC(=O)c1c(NC(=O)CSc2n[nH]c(=O)n2C2CC2)sc2c1CCC2. The van der Waals surface area contributed by atoms with Crippen molar-refractivity contribution >= 4 is 39.9 Å². The van der Waals surface area contributed by atoms with Crippen LogP contribution in [0.25, 0.3) is 0 Å². The highest BCUT2D eigenvalue weighted by molar-refractivity contribution is 7.99. The lowest BCUT2D eigenvalue weighted by Crippen LogP contribution is -2.19. The van der Waals surface area contributed by atoms with E-state index in [0.29, 0.717) is 15.7 Å². The quantitative estimate of drug-likeness (QED) is 0.653. The number of carbonyl (C=O) groups is 2. The van der Waals surface area contributed by atoms with Crippen LogP contribution >= 0.6 is 23.1 Å². The van der Waals surface area contributed by atoms with Crippen molar-refractivity contribution in [3.8, 4) is 0 Å². The highest BCUT2D eigenvalue weighted by atomic mass is 32.2. The summed E-state index contributed by atoms with van der Waals surface area (Å²) in [7, 11) is 0. The summed E-state index contributed by atoms with van der Waals surface area (Å²) in [6, 6.07) is 0.193. The molecule has 0 saturated heterocycles. The standard InChI is InChI=1S/C15H17N5O3S2/c16-12(22)11-8-2-1-3-9(8)25-13(11)17-10(21)6-24-15-19-18-14(23)20(15)7-4-5-7/h7H,1-6H2,(H2,16,22)(H,17,21)(H,18,23). The van der Waals surface area contributed by atoms with Crippen molar-refractivity contribution in [3.63, 3.8) is 0 Å². The summed E-state index contributed by atoms with van der Waals surface area (Å²) in [5, 5.41) is 10.3. The number of H-pyrrole nitrogens is 1. The molecule has 1 fully saturated rings. The van der Waals surface area contributed by atoms with Gasteiger partial charge in [0.25, 0.3) is 5.91 Å². The van der Waals surface area contributed by atoms with E-state index in [1.807, 2.05) is 0 Å². The third-order valence-electron chi connectivity index (χ3n) is 4.34. The van der Waals surface area contributed by atoms with Crippen LogP contribution in [0.15, 0.2) is 9.95 Å². The summed E-state index contributed by atoms with van der Waals surface area (Å²) in [6.07, 6.45) is 4.69. The summed E-state index contributed by atoms with van der Waals surface area (Å²) in [5.41, 5.74) is 6.69. The third kappa shape index (κ3) is 3.11. The number of fused-ring (bicyclic) bond motifs is 1. The maximum Gasteiger partial charge on any atom is 0.344 e. The van der Waals surface area contributed by atoms with Gasteiger partial charge in [0, 0.05) is 10.9 Å². The fourth-order valence-corrected chi connectivity index (χ4v) is 5.22. The fourth-order valence-electron chi connectivity index (χ4n) is 3.09. The first-order valence-electron chi connectivity index (χ1n) is 8.08. The Balaban J connectivity index is 1.45. The molecule has 4 rings (SSSR count). The van der Waals surface area contributed by atoms with Crippen LogP contribution in [0.2, 0.25) is 0 Å². The van der Waals surface area contributed by atoms with Gasteiger partial charge in [-0.2, -0.15) is 0 Å². The van der Waals surface area contributed by atoms with Crippen LogP contribution in [0, 0.1) is 0 Å². The van der Waals surface area contributed by atoms with Crippen molar-refractivity contribution in [2.75, 3.05) is 11.1 Å². The van der Waals surface area contributed by atoms with Gasteiger partial charge in [-0.05, 0) is 37.7 Å². The molecule has 2 aliphatic carbocycles. The molecule has 2 aromatic heterocycles. The average molecular weight is 379 g/mol. The van der Waals surface area contributed by atoms with Crippen LogP contribution in [0.1, 0.15) is 46.1 Å². The molecule has 25 heavy (non-hydrogen) atoms. The lowest BCUT2D eigenvalue weighted by Gasteiger charge is -2.06. The Morgan fingerprint density at radius 2 is 2.20 bits per heavy atom. The van der Waals surface area contributed by atoms with Gasteiger partial charge < -0.3 is 11.1 Å². The number of nitrogens with zero attached hydrogens (tertiary/aromatic N) is 2. The molecule has 2 aliphatic rings. The van der Waals surface area contributed by atoms with E-state index in [9.17, 15) is 14.4 Å². The van der Waals surface area contributed by atoms with E-state index >= 15 is 0 Å². The number of nitrogens with two attached hydrogens (primary N) is 1. The van der Waals surface area contributed by atoms with Crippen LogP contribution < -0.4 is 16.7 Å². The van der Waals surface area contributed by atoms with E-state index in [-0.39, 0.29) is 23.4 Å². The number of thioether (sulfide) groups is 1. The molecule has 10 heteroatoms. The molecular formula is C15H17N5O3S2. The lowest BCUT2D eigenvalue weighted by atomic mass is 10.1. The molecule has 0 spiro atoms. The van der Waals surface area contributed by atoms with Crippen LogP contribution in [0.3, 0.4) is 0 Å². The minimum Gasteiger partial charge on any atom is -0.365 e. The average Bonchev–Trinajstić information content (AvgIpc) is 3.01. The van der Waals surface area contributed by atoms with Gasteiger partial charge in [-0.25, -0.2) is 9.89 Å². The number of rotatable bonds is 6. The monoisotopic (exact) mass is 379 g/mol. The summed E-state index contributed by atoms with van der Waals surface area (Å²) in [5.74, 6) is -0.639. The van der Waals surface area contributed by atoms with Crippen molar-refractivity contribution in [2.24, 2.45) is 5.73 Å². The Morgan fingerprint density at radius 3 is 2.92 bits per heavy atom. The van der Waals surface area contributed by atoms with Gasteiger partial charge in [0.15, 0.2) is 5.16 Å².